The van der Waals surface area contributed by atoms with E-state index in [1.165, 1.54) is 12.1 Å². The molecule has 2 aromatic rings. The number of sulfonamides is 1. The maximum atomic E-state index is 11.3. The molecular weight excluding hydrogens is 268 g/mol. The minimum atomic E-state index is -3.68. The zero-order chi connectivity index (χ0) is 13.5. The SMILES string of the molecule is NS(=O)(=O)c1ccc2c(c1)CON2Cc1ccco1. The average Bonchev–Trinajstić information content (AvgIpc) is 2.98. The van der Waals surface area contributed by atoms with Crippen LogP contribution in [-0.2, 0) is 28.0 Å². The largest absolute Gasteiger partial charge is 0.467 e. The van der Waals surface area contributed by atoms with E-state index in [9.17, 15) is 8.42 Å². The highest BCUT2D eigenvalue weighted by atomic mass is 32.2. The van der Waals surface area contributed by atoms with Crippen molar-refractivity contribution >= 4 is 15.7 Å². The van der Waals surface area contributed by atoms with Crippen molar-refractivity contribution in [1.29, 1.82) is 0 Å². The lowest BCUT2D eigenvalue weighted by molar-refractivity contribution is 0.110. The number of hydrogen-bond donors (Lipinski definition) is 1. The number of rotatable bonds is 3. The fourth-order valence-corrected chi connectivity index (χ4v) is 2.55. The van der Waals surface area contributed by atoms with Crippen molar-refractivity contribution in [3.05, 3.63) is 47.9 Å². The summed E-state index contributed by atoms with van der Waals surface area (Å²) in [5, 5.41) is 6.77. The molecule has 2 heterocycles. The summed E-state index contributed by atoms with van der Waals surface area (Å²) in [6.45, 7) is 0.786. The van der Waals surface area contributed by atoms with Crippen LogP contribution in [-0.4, -0.2) is 8.42 Å². The van der Waals surface area contributed by atoms with E-state index in [1.807, 2.05) is 6.07 Å². The molecule has 0 saturated carbocycles. The van der Waals surface area contributed by atoms with Crippen LogP contribution in [0.25, 0.3) is 0 Å². The molecule has 2 N–H and O–H groups in total. The fourth-order valence-electron chi connectivity index (χ4n) is 1.99. The average molecular weight is 280 g/mol. The lowest BCUT2D eigenvalue weighted by Crippen LogP contribution is -2.17. The summed E-state index contributed by atoms with van der Waals surface area (Å²) >= 11 is 0. The number of anilines is 1. The molecule has 0 spiro atoms. The number of fused-ring (bicyclic) bond motifs is 1. The molecule has 6 nitrogen and oxygen atoms in total. The van der Waals surface area contributed by atoms with Gasteiger partial charge in [0.15, 0.2) is 0 Å². The summed E-state index contributed by atoms with van der Waals surface area (Å²) in [5.41, 5.74) is 1.61. The summed E-state index contributed by atoms with van der Waals surface area (Å²) in [6.07, 6.45) is 1.59. The van der Waals surface area contributed by atoms with Crippen LogP contribution in [0.1, 0.15) is 11.3 Å². The monoisotopic (exact) mass is 280 g/mol. The topological polar surface area (TPSA) is 85.8 Å². The molecule has 1 aromatic heterocycles. The first-order valence-corrected chi connectivity index (χ1v) is 7.17. The lowest BCUT2D eigenvalue weighted by Gasteiger charge is -2.15. The number of nitrogens with zero attached hydrogens (tertiary/aromatic N) is 1. The van der Waals surface area contributed by atoms with Gasteiger partial charge in [0.25, 0.3) is 0 Å². The quantitative estimate of drug-likeness (QED) is 0.918. The third-order valence-corrected chi connectivity index (χ3v) is 3.81. The second-order valence-electron chi connectivity index (χ2n) is 4.22. The highest BCUT2D eigenvalue weighted by molar-refractivity contribution is 7.89. The molecule has 0 aliphatic carbocycles. The van der Waals surface area contributed by atoms with Gasteiger partial charge in [-0.15, -0.1) is 0 Å². The predicted molar refractivity (Wildman–Crippen MR) is 67.5 cm³/mol. The van der Waals surface area contributed by atoms with Crippen molar-refractivity contribution in [2.45, 2.75) is 18.0 Å². The van der Waals surface area contributed by atoms with Gasteiger partial charge in [-0.2, -0.15) is 0 Å². The smallest absolute Gasteiger partial charge is 0.238 e. The Bertz CT molecular complexity index is 695. The molecule has 0 saturated heterocycles. The highest BCUT2D eigenvalue weighted by Gasteiger charge is 2.23. The summed E-state index contributed by atoms with van der Waals surface area (Å²) < 4.78 is 27.8. The number of hydroxylamine groups is 1. The first-order valence-electron chi connectivity index (χ1n) is 5.62. The number of hydrogen-bond acceptors (Lipinski definition) is 5. The Morgan fingerprint density at radius 3 is 2.84 bits per heavy atom. The Hall–Kier alpha value is -1.83. The molecule has 1 aliphatic rings. The van der Waals surface area contributed by atoms with Crippen molar-refractivity contribution in [3.63, 3.8) is 0 Å². The third kappa shape index (κ3) is 2.35. The summed E-state index contributed by atoms with van der Waals surface area (Å²) in [6, 6.07) is 8.34. The van der Waals surface area contributed by atoms with Gasteiger partial charge in [-0.05, 0) is 30.3 Å². The van der Waals surface area contributed by atoms with Crippen molar-refractivity contribution < 1.29 is 17.7 Å². The van der Waals surface area contributed by atoms with Crippen LogP contribution in [0.4, 0.5) is 5.69 Å². The number of nitrogens with two attached hydrogens (primary N) is 1. The van der Waals surface area contributed by atoms with Crippen molar-refractivity contribution in [2.75, 3.05) is 5.06 Å². The van der Waals surface area contributed by atoms with Gasteiger partial charge in [0.2, 0.25) is 10.0 Å². The van der Waals surface area contributed by atoms with Gasteiger partial charge in [-0.25, -0.2) is 18.6 Å². The molecule has 1 aromatic carbocycles. The van der Waals surface area contributed by atoms with Crippen LogP contribution in [0.5, 0.6) is 0 Å². The van der Waals surface area contributed by atoms with Crippen LogP contribution >= 0.6 is 0 Å². The van der Waals surface area contributed by atoms with Crippen LogP contribution in [0.15, 0.2) is 45.9 Å². The summed E-state index contributed by atoms with van der Waals surface area (Å²) in [5.74, 6) is 0.767. The Kier molecular flexibility index (Phi) is 2.81. The molecule has 0 radical (unpaired) electrons. The van der Waals surface area contributed by atoms with E-state index in [4.69, 9.17) is 14.4 Å². The van der Waals surface area contributed by atoms with Crippen LogP contribution in [0, 0.1) is 0 Å². The lowest BCUT2D eigenvalue weighted by atomic mass is 10.2. The maximum Gasteiger partial charge on any atom is 0.238 e. The minimum absolute atomic E-state index is 0.0923. The molecule has 0 amide bonds. The normalized spacial score (nSPS) is 14.7. The van der Waals surface area contributed by atoms with E-state index in [0.717, 1.165) is 17.0 Å². The molecular formula is C12H12N2O4S. The van der Waals surface area contributed by atoms with Gasteiger partial charge in [0.05, 0.1) is 16.8 Å². The van der Waals surface area contributed by atoms with E-state index in [-0.39, 0.29) is 4.90 Å². The number of furan rings is 1. The minimum Gasteiger partial charge on any atom is -0.467 e. The van der Waals surface area contributed by atoms with Crippen LogP contribution in [0.2, 0.25) is 0 Å². The van der Waals surface area contributed by atoms with Gasteiger partial charge >= 0.3 is 0 Å². The van der Waals surface area contributed by atoms with Crippen molar-refractivity contribution in [2.24, 2.45) is 5.14 Å². The molecule has 0 atom stereocenters. The molecule has 19 heavy (non-hydrogen) atoms. The molecule has 7 heteroatoms. The Labute approximate surface area is 110 Å². The van der Waals surface area contributed by atoms with E-state index < -0.39 is 10.0 Å². The van der Waals surface area contributed by atoms with Gasteiger partial charge in [0.1, 0.15) is 18.9 Å². The third-order valence-electron chi connectivity index (χ3n) is 2.90. The van der Waals surface area contributed by atoms with E-state index in [0.29, 0.717) is 13.2 Å². The van der Waals surface area contributed by atoms with Gasteiger partial charge in [0, 0.05) is 5.56 Å². The zero-order valence-electron chi connectivity index (χ0n) is 9.94. The molecule has 0 unspecified atom stereocenters. The Balaban J connectivity index is 1.90. The van der Waals surface area contributed by atoms with Crippen LogP contribution < -0.4 is 10.2 Å². The van der Waals surface area contributed by atoms with Gasteiger partial charge in [-0.1, -0.05) is 0 Å². The number of benzene rings is 1. The van der Waals surface area contributed by atoms with Gasteiger partial charge in [-0.3, -0.25) is 4.84 Å². The first kappa shape index (κ1) is 12.2. The van der Waals surface area contributed by atoms with Gasteiger partial charge < -0.3 is 4.42 Å². The fraction of sp³-hybridized carbons (Fsp3) is 0.167. The van der Waals surface area contributed by atoms with E-state index >= 15 is 0 Å². The number of primary sulfonamides is 1. The molecule has 0 bridgehead atoms. The summed E-state index contributed by atoms with van der Waals surface area (Å²) in [4.78, 5) is 5.59. The van der Waals surface area contributed by atoms with E-state index in [1.54, 1.807) is 23.5 Å². The standard InChI is InChI=1S/C12H12N2O4S/c13-19(15,16)11-3-4-12-9(6-11)8-18-14(12)7-10-2-1-5-17-10/h1-6H,7-8H2,(H2,13,15,16). The second-order valence-corrected chi connectivity index (χ2v) is 5.79. The highest BCUT2D eigenvalue weighted by Crippen LogP contribution is 2.31. The molecule has 3 rings (SSSR count). The molecule has 0 fully saturated rings. The maximum absolute atomic E-state index is 11.3. The molecule has 1 aliphatic heterocycles. The molecule has 100 valence electrons. The Morgan fingerprint density at radius 1 is 1.32 bits per heavy atom. The Morgan fingerprint density at radius 2 is 2.16 bits per heavy atom. The van der Waals surface area contributed by atoms with Crippen molar-refractivity contribution in [3.8, 4) is 0 Å². The first-order chi connectivity index (χ1) is 9.04. The van der Waals surface area contributed by atoms with Crippen LogP contribution in [0.3, 0.4) is 0 Å². The summed E-state index contributed by atoms with van der Waals surface area (Å²) in [7, 11) is -3.68. The zero-order valence-corrected chi connectivity index (χ0v) is 10.8. The van der Waals surface area contributed by atoms with E-state index in [2.05, 4.69) is 0 Å². The second kappa shape index (κ2) is 4.37. The predicted octanol–water partition coefficient (Wildman–Crippen LogP) is 1.38. The van der Waals surface area contributed by atoms with Crippen molar-refractivity contribution in [1.82, 2.24) is 0 Å².